The van der Waals surface area contributed by atoms with Gasteiger partial charge in [-0.3, -0.25) is 0 Å². The molecule has 0 bridgehead atoms. The van der Waals surface area contributed by atoms with Gasteiger partial charge in [0.2, 0.25) is 0 Å². The number of likely N-dealkylation sites (tertiary alicyclic amines) is 1. The van der Waals surface area contributed by atoms with E-state index in [1.165, 1.54) is 45.3 Å². The quantitative estimate of drug-likeness (QED) is 0.728. The molecule has 14 heavy (non-hydrogen) atoms. The predicted molar refractivity (Wildman–Crippen MR) is 62.6 cm³/mol. The van der Waals surface area contributed by atoms with E-state index in [1.807, 2.05) is 0 Å². The normalized spacial score (nSPS) is 24.4. The second-order valence-corrected chi connectivity index (χ2v) is 4.53. The second kappa shape index (κ2) is 6.41. The fraction of sp³-hybridized carbons (Fsp3) is 1.00. The van der Waals surface area contributed by atoms with Gasteiger partial charge in [-0.2, -0.15) is 0 Å². The lowest BCUT2D eigenvalue weighted by Gasteiger charge is -2.37. The average molecular weight is 198 g/mol. The van der Waals surface area contributed by atoms with Gasteiger partial charge < -0.3 is 10.2 Å². The standard InChI is InChI=1S/C12H26N2/c1-4-12(5-2)14-8-6-7-11(10-14)9-13-3/h11-13H,4-10H2,1-3H3. The molecular formula is C12H26N2. The molecule has 1 saturated heterocycles. The Kier molecular flexibility index (Phi) is 5.49. The van der Waals surface area contributed by atoms with Gasteiger partial charge in [0, 0.05) is 12.6 Å². The average Bonchev–Trinajstić information content (AvgIpc) is 2.21. The minimum Gasteiger partial charge on any atom is -0.319 e. The molecule has 1 rings (SSSR count). The summed E-state index contributed by atoms with van der Waals surface area (Å²) in [5.41, 5.74) is 0. The Hall–Kier alpha value is -0.0800. The van der Waals surface area contributed by atoms with Gasteiger partial charge in [-0.25, -0.2) is 0 Å². The molecule has 1 aliphatic heterocycles. The first-order valence-electron chi connectivity index (χ1n) is 6.20. The van der Waals surface area contributed by atoms with Crippen molar-refractivity contribution in [1.82, 2.24) is 10.2 Å². The van der Waals surface area contributed by atoms with E-state index in [-0.39, 0.29) is 0 Å². The summed E-state index contributed by atoms with van der Waals surface area (Å²) in [5.74, 6) is 0.884. The lowest BCUT2D eigenvalue weighted by molar-refractivity contribution is 0.117. The van der Waals surface area contributed by atoms with Crippen molar-refractivity contribution >= 4 is 0 Å². The van der Waals surface area contributed by atoms with E-state index in [4.69, 9.17) is 0 Å². The van der Waals surface area contributed by atoms with Gasteiger partial charge in [-0.05, 0) is 51.7 Å². The van der Waals surface area contributed by atoms with Gasteiger partial charge in [0.15, 0.2) is 0 Å². The Morgan fingerprint density at radius 2 is 2.07 bits per heavy atom. The second-order valence-electron chi connectivity index (χ2n) is 4.53. The molecule has 0 spiro atoms. The molecule has 0 aromatic carbocycles. The van der Waals surface area contributed by atoms with Crippen LogP contribution in [0.2, 0.25) is 0 Å². The fourth-order valence-electron chi connectivity index (χ4n) is 2.69. The van der Waals surface area contributed by atoms with Gasteiger partial charge in [-0.15, -0.1) is 0 Å². The van der Waals surface area contributed by atoms with Gasteiger partial charge in [0.25, 0.3) is 0 Å². The maximum atomic E-state index is 3.31. The number of piperidine rings is 1. The first-order chi connectivity index (χ1) is 6.81. The lowest BCUT2D eigenvalue weighted by atomic mass is 9.95. The zero-order chi connectivity index (χ0) is 10.4. The van der Waals surface area contributed by atoms with E-state index in [0.717, 1.165) is 12.0 Å². The Balaban J connectivity index is 2.38. The summed E-state index contributed by atoms with van der Waals surface area (Å²) in [6, 6.07) is 0.828. The van der Waals surface area contributed by atoms with Crippen molar-refractivity contribution in [2.75, 3.05) is 26.7 Å². The van der Waals surface area contributed by atoms with Crippen LogP contribution in [0.1, 0.15) is 39.5 Å². The molecule has 0 aromatic rings. The van der Waals surface area contributed by atoms with Crippen LogP contribution < -0.4 is 5.32 Å². The molecule has 1 fully saturated rings. The Morgan fingerprint density at radius 3 is 2.64 bits per heavy atom. The zero-order valence-electron chi connectivity index (χ0n) is 10.1. The minimum atomic E-state index is 0.828. The molecule has 84 valence electrons. The summed E-state index contributed by atoms with van der Waals surface area (Å²) in [4.78, 5) is 2.70. The SMILES string of the molecule is CCC(CC)N1CCCC(CNC)C1. The van der Waals surface area contributed by atoms with E-state index < -0.39 is 0 Å². The molecule has 1 unspecified atom stereocenters. The van der Waals surface area contributed by atoms with Crippen LogP contribution in [0.15, 0.2) is 0 Å². The van der Waals surface area contributed by atoms with Crippen LogP contribution in [-0.2, 0) is 0 Å². The molecule has 1 heterocycles. The van der Waals surface area contributed by atoms with Gasteiger partial charge >= 0.3 is 0 Å². The van der Waals surface area contributed by atoms with Crippen molar-refractivity contribution in [1.29, 1.82) is 0 Å². The van der Waals surface area contributed by atoms with Crippen molar-refractivity contribution < 1.29 is 0 Å². The monoisotopic (exact) mass is 198 g/mol. The summed E-state index contributed by atoms with van der Waals surface area (Å²) < 4.78 is 0. The van der Waals surface area contributed by atoms with Gasteiger partial charge in [0.05, 0.1) is 0 Å². The molecular weight excluding hydrogens is 172 g/mol. The summed E-state index contributed by atoms with van der Waals surface area (Å²) in [7, 11) is 2.07. The minimum absolute atomic E-state index is 0.828. The van der Waals surface area contributed by atoms with Crippen LogP contribution in [-0.4, -0.2) is 37.6 Å². The van der Waals surface area contributed by atoms with Crippen molar-refractivity contribution in [3.63, 3.8) is 0 Å². The Bertz CT molecular complexity index is 141. The highest BCUT2D eigenvalue weighted by molar-refractivity contribution is 4.78. The summed E-state index contributed by atoms with van der Waals surface area (Å²) in [6.07, 6.45) is 5.42. The molecule has 2 heteroatoms. The Morgan fingerprint density at radius 1 is 1.36 bits per heavy atom. The number of nitrogens with zero attached hydrogens (tertiary/aromatic N) is 1. The van der Waals surface area contributed by atoms with Crippen LogP contribution >= 0.6 is 0 Å². The largest absolute Gasteiger partial charge is 0.319 e. The third kappa shape index (κ3) is 3.25. The molecule has 0 aliphatic carbocycles. The molecule has 1 N–H and O–H groups in total. The summed E-state index contributed by atoms with van der Waals surface area (Å²) in [6.45, 7) is 8.46. The number of hydrogen-bond donors (Lipinski definition) is 1. The first-order valence-corrected chi connectivity index (χ1v) is 6.20. The van der Waals surface area contributed by atoms with Crippen molar-refractivity contribution in [2.45, 2.75) is 45.6 Å². The van der Waals surface area contributed by atoms with Gasteiger partial charge in [-0.1, -0.05) is 13.8 Å². The topological polar surface area (TPSA) is 15.3 Å². The Labute approximate surface area is 89.1 Å². The number of rotatable bonds is 5. The van der Waals surface area contributed by atoms with Crippen LogP contribution in [0.25, 0.3) is 0 Å². The predicted octanol–water partition coefficient (Wildman–Crippen LogP) is 2.11. The van der Waals surface area contributed by atoms with Crippen molar-refractivity contribution in [2.24, 2.45) is 5.92 Å². The number of nitrogens with one attached hydrogen (secondary N) is 1. The van der Waals surface area contributed by atoms with E-state index >= 15 is 0 Å². The van der Waals surface area contributed by atoms with E-state index in [9.17, 15) is 0 Å². The highest BCUT2D eigenvalue weighted by Crippen LogP contribution is 2.20. The highest BCUT2D eigenvalue weighted by atomic mass is 15.2. The third-order valence-corrected chi connectivity index (χ3v) is 3.50. The smallest absolute Gasteiger partial charge is 0.00901 e. The van der Waals surface area contributed by atoms with E-state index in [1.54, 1.807) is 0 Å². The van der Waals surface area contributed by atoms with Crippen LogP contribution in [0.3, 0.4) is 0 Å². The molecule has 0 saturated carbocycles. The molecule has 0 aromatic heterocycles. The maximum absolute atomic E-state index is 3.31. The van der Waals surface area contributed by atoms with Crippen LogP contribution in [0.5, 0.6) is 0 Å². The van der Waals surface area contributed by atoms with Crippen LogP contribution in [0, 0.1) is 5.92 Å². The maximum Gasteiger partial charge on any atom is 0.00901 e. The molecule has 2 nitrogen and oxygen atoms in total. The van der Waals surface area contributed by atoms with E-state index in [2.05, 4.69) is 31.1 Å². The van der Waals surface area contributed by atoms with E-state index in [0.29, 0.717) is 0 Å². The summed E-state index contributed by atoms with van der Waals surface area (Å²) >= 11 is 0. The zero-order valence-corrected chi connectivity index (χ0v) is 10.1. The first kappa shape index (κ1) is 12.0. The number of hydrogen-bond acceptors (Lipinski definition) is 2. The van der Waals surface area contributed by atoms with Gasteiger partial charge in [0.1, 0.15) is 0 Å². The summed E-state index contributed by atoms with van der Waals surface area (Å²) in [5, 5.41) is 3.31. The van der Waals surface area contributed by atoms with Crippen molar-refractivity contribution in [3.05, 3.63) is 0 Å². The third-order valence-electron chi connectivity index (χ3n) is 3.50. The molecule has 1 aliphatic rings. The van der Waals surface area contributed by atoms with Crippen LogP contribution in [0.4, 0.5) is 0 Å². The fourth-order valence-corrected chi connectivity index (χ4v) is 2.69. The molecule has 1 atom stereocenters. The van der Waals surface area contributed by atoms with Crippen molar-refractivity contribution in [3.8, 4) is 0 Å². The molecule has 0 radical (unpaired) electrons. The lowest BCUT2D eigenvalue weighted by Crippen LogP contribution is -2.44. The highest BCUT2D eigenvalue weighted by Gasteiger charge is 2.23. The molecule has 0 amide bonds.